The number of rotatable bonds is 3. The number of alkyl halides is 1. The van der Waals surface area contributed by atoms with Gasteiger partial charge >= 0.3 is 5.97 Å². The van der Waals surface area contributed by atoms with Gasteiger partial charge in [0.15, 0.2) is 0 Å². The third kappa shape index (κ3) is 3.78. The second-order valence-corrected chi connectivity index (χ2v) is 5.53. The van der Waals surface area contributed by atoms with E-state index in [9.17, 15) is 9.18 Å². The minimum absolute atomic E-state index is 0.125. The summed E-state index contributed by atoms with van der Waals surface area (Å²) in [5, 5.41) is 11.9. The minimum Gasteiger partial charge on any atom is -0.481 e. The first-order valence-electron chi connectivity index (χ1n) is 5.39. The second kappa shape index (κ2) is 4.08. The van der Waals surface area contributed by atoms with Crippen molar-refractivity contribution in [3.8, 4) is 0 Å². The molecular weight excluding hydrogens is 197 g/mol. The van der Waals surface area contributed by atoms with Gasteiger partial charge < -0.3 is 10.4 Å². The van der Waals surface area contributed by atoms with Crippen LogP contribution in [-0.2, 0) is 4.79 Å². The van der Waals surface area contributed by atoms with Crippen molar-refractivity contribution >= 4 is 5.97 Å². The molecule has 1 rings (SSSR count). The lowest BCUT2D eigenvalue weighted by molar-refractivity contribution is -0.141. The van der Waals surface area contributed by atoms with Crippen LogP contribution in [0.1, 0.15) is 40.0 Å². The fourth-order valence-corrected chi connectivity index (χ4v) is 1.87. The first kappa shape index (κ1) is 12.4. The number of carbonyl (C=O) groups is 1. The quantitative estimate of drug-likeness (QED) is 0.759. The minimum atomic E-state index is -1.34. The largest absolute Gasteiger partial charge is 0.481 e. The first-order valence-corrected chi connectivity index (χ1v) is 5.39. The van der Waals surface area contributed by atoms with Gasteiger partial charge in [-0.2, -0.15) is 0 Å². The summed E-state index contributed by atoms with van der Waals surface area (Å²) in [5.41, 5.74) is -1.46. The summed E-state index contributed by atoms with van der Waals surface area (Å²) < 4.78 is 14.1. The summed E-state index contributed by atoms with van der Waals surface area (Å²) in [6, 6.07) is 0. The van der Waals surface area contributed by atoms with E-state index in [2.05, 4.69) is 5.32 Å². The molecule has 88 valence electrons. The van der Waals surface area contributed by atoms with E-state index in [0.29, 0.717) is 12.8 Å². The van der Waals surface area contributed by atoms with E-state index in [1.807, 2.05) is 20.8 Å². The highest BCUT2D eigenvalue weighted by Gasteiger charge is 2.42. The molecule has 0 spiro atoms. The maximum Gasteiger partial charge on any atom is 0.306 e. The molecule has 2 N–H and O–H groups in total. The Bertz CT molecular complexity index is 249. The van der Waals surface area contributed by atoms with E-state index < -0.39 is 17.6 Å². The Labute approximate surface area is 90.1 Å². The molecule has 1 aliphatic carbocycles. The van der Waals surface area contributed by atoms with Crippen LogP contribution in [0.4, 0.5) is 4.39 Å². The molecule has 4 heteroatoms. The summed E-state index contributed by atoms with van der Waals surface area (Å²) in [6.45, 7) is 6.17. The van der Waals surface area contributed by atoms with Gasteiger partial charge in [0, 0.05) is 12.1 Å². The Morgan fingerprint density at radius 3 is 2.60 bits per heavy atom. The van der Waals surface area contributed by atoms with Crippen LogP contribution >= 0.6 is 0 Å². The molecule has 0 aromatic rings. The van der Waals surface area contributed by atoms with Gasteiger partial charge in [-0.1, -0.05) is 0 Å². The van der Waals surface area contributed by atoms with Gasteiger partial charge in [0.2, 0.25) is 0 Å². The average Bonchev–Trinajstić information content (AvgIpc) is 2.45. The van der Waals surface area contributed by atoms with Crippen LogP contribution in [0.3, 0.4) is 0 Å². The van der Waals surface area contributed by atoms with Crippen LogP contribution in [-0.4, -0.2) is 28.8 Å². The van der Waals surface area contributed by atoms with Crippen molar-refractivity contribution in [2.45, 2.75) is 51.2 Å². The number of halogens is 1. The number of nitrogens with one attached hydrogen (secondary N) is 1. The molecule has 3 nitrogen and oxygen atoms in total. The Kier molecular flexibility index (Phi) is 3.38. The average molecular weight is 217 g/mol. The highest BCUT2D eigenvalue weighted by Crippen LogP contribution is 2.37. The summed E-state index contributed by atoms with van der Waals surface area (Å²) in [5.74, 6) is -1.37. The van der Waals surface area contributed by atoms with Crippen LogP contribution in [0.25, 0.3) is 0 Å². The molecule has 1 saturated carbocycles. The van der Waals surface area contributed by atoms with E-state index in [1.165, 1.54) is 0 Å². The van der Waals surface area contributed by atoms with Gasteiger partial charge in [-0.25, -0.2) is 4.39 Å². The summed E-state index contributed by atoms with van der Waals surface area (Å²) >= 11 is 0. The van der Waals surface area contributed by atoms with E-state index in [0.717, 1.165) is 0 Å². The maximum absolute atomic E-state index is 14.1. The zero-order chi connectivity index (χ0) is 11.7. The van der Waals surface area contributed by atoms with E-state index in [-0.39, 0.29) is 18.5 Å². The van der Waals surface area contributed by atoms with Crippen molar-refractivity contribution in [1.82, 2.24) is 5.32 Å². The smallest absolute Gasteiger partial charge is 0.306 e. The number of hydrogen-bond donors (Lipinski definition) is 2. The van der Waals surface area contributed by atoms with Gasteiger partial charge in [0.1, 0.15) is 5.67 Å². The van der Waals surface area contributed by atoms with Crippen molar-refractivity contribution < 1.29 is 14.3 Å². The topological polar surface area (TPSA) is 49.3 Å². The zero-order valence-corrected chi connectivity index (χ0v) is 9.64. The predicted molar refractivity (Wildman–Crippen MR) is 56.6 cm³/mol. The normalized spacial score (nSPS) is 31.9. The molecule has 0 aromatic heterocycles. The fraction of sp³-hybridized carbons (Fsp3) is 0.909. The Morgan fingerprint density at radius 1 is 1.60 bits per heavy atom. The Hall–Kier alpha value is -0.640. The summed E-state index contributed by atoms with van der Waals surface area (Å²) in [7, 11) is 0. The molecule has 0 bridgehead atoms. The highest BCUT2D eigenvalue weighted by molar-refractivity contribution is 5.70. The summed E-state index contributed by atoms with van der Waals surface area (Å²) in [4.78, 5) is 10.7. The fourth-order valence-electron chi connectivity index (χ4n) is 1.87. The SMILES string of the molecule is CC(C)(C)NCC1(F)CCC(C(=O)O)C1. The molecule has 2 atom stereocenters. The lowest BCUT2D eigenvalue weighted by Crippen LogP contribution is -2.44. The number of carboxylic acid groups (broad SMARTS) is 1. The third-order valence-electron chi connectivity index (χ3n) is 2.84. The van der Waals surface area contributed by atoms with Gasteiger partial charge in [0.05, 0.1) is 5.92 Å². The number of hydrogen-bond acceptors (Lipinski definition) is 2. The van der Waals surface area contributed by atoms with Crippen molar-refractivity contribution in [3.63, 3.8) is 0 Å². The van der Waals surface area contributed by atoms with Crippen LogP contribution in [0, 0.1) is 5.92 Å². The molecule has 1 aliphatic rings. The van der Waals surface area contributed by atoms with E-state index >= 15 is 0 Å². The lowest BCUT2D eigenvalue weighted by atomic mass is 10.00. The summed E-state index contributed by atoms with van der Waals surface area (Å²) in [6.07, 6.45) is 0.954. The molecule has 0 heterocycles. The van der Waals surface area contributed by atoms with Crippen LogP contribution in [0.15, 0.2) is 0 Å². The molecule has 0 radical (unpaired) electrons. The molecular formula is C11H20FNO2. The highest BCUT2D eigenvalue weighted by atomic mass is 19.1. The Morgan fingerprint density at radius 2 is 2.20 bits per heavy atom. The van der Waals surface area contributed by atoms with Gasteiger partial charge in [0.25, 0.3) is 0 Å². The molecule has 0 aliphatic heterocycles. The van der Waals surface area contributed by atoms with Crippen molar-refractivity contribution in [3.05, 3.63) is 0 Å². The van der Waals surface area contributed by atoms with Gasteiger partial charge in [-0.3, -0.25) is 4.79 Å². The maximum atomic E-state index is 14.1. The molecule has 15 heavy (non-hydrogen) atoms. The zero-order valence-electron chi connectivity index (χ0n) is 9.64. The van der Waals surface area contributed by atoms with Gasteiger partial charge in [-0.15, -0.1) is 0 Å². The van der Waals surface area contributed by atoms with Crippen LogP contribution < -0.4 is 5.32 Å². The molecule has 1 fully saturated rings. The predicted octanol–water partition coefficient (Wildman–Crippen LogP) is 1.97. The standard InChI is InChI=1S/C11H20FNO2/c1-10(2,3)13-7-11(12)5-4-8(6-11)9(14)15/h8,13H,4-7H2,1-3H3,(H,14,15). The molecule has 0 saturated heterocycles. The van der Waals surface area contributed by atoms with Gasteiger partial charge in [-0.05, 0) is 40.0 Å². The third-order valence-corrected chi connectivity index (χ3v) is 2.84. The monoisotopic (exact) mass is 217 g/mol. The van der Waals surface area contributed by atoms with Crippen molar-refractivity contribution in [2.24, 2.45) is 5.92 Å². The van der Waals surface area contributed by atoms with E-state index in [4.69, 9.17) is 5.11 Å². The van der Waals surface area contributed by atoms with Crippen LogP contribution in [0.2, 0.25) is 0 Å². The van der Waals surface area contributed by atoms with Crippen molar-refractivity contribution in [2.75, 3.05) is 6.54 Å². The molecule has 0 aromatic carbocycles. The molecule has 2 unspecified atom stereocenters. The number of carboxylic acids is 1. The Balaban J connectivity index is 2.45. The molecule has 0 amide bonds. The van der Waals surface area contributed by atoms with E-state index in [1.54, 1.807) is 0 Å². The second-order valence-electron chi connectivity index (χ2n) is 5.53. The van der Waals surface area contributed by atoms with Crippen molar-refractivity contribution in [1.29, 1.82) is 0 Å². The van der Waals surface area contributed by atoms with Crippen LogP contribution in [0.5, 0.6) is 0 Å². The first-order chi connectivity index (χ1) is 6.72. The lowest BCUT2D eigenvalue weighted by Gasteiger charge is -2.27. The number of aliphatic carboxylic acids is 1.